The zero-order valence-electron chi connectivity index (χ0n) is 12.8. The summed E-state index contributed by atoms with van der Waals surface area (Å²) in [7, 11) is 1.62. The molecule has 2 amide bonds. The Bertz CT molecular complexity index is 612. The molecule has 2 rings (SSSR count). The van der Waals surface area contributed by atoms with Gasteiger partial charge in [-0.15, -0.1) is 0 Å². The van der Waals surface area contributed by atoms with E-state index in [1.807, 2.05) is 49.4 Å². The van der Waals surface area contributed by atoms with Crippen LogP contribution in [0.3, 0.4) is 0 Å². The van der Waals surface area contributed by atoms with Gasteiger partial charge in [0.05, 0.1) is 19.4 Å². The van der Waals surface area contributed by atoms with E-state index in [1.54, 1.807) is 13.2 Å². The summed E-state index contributed by atoms with van der Waals surface area (Å²) < 4.78 is 10.6. The van der Waals surface area contributed by atoms with Gasteiger partial charge >= 0.3 is 6.03 Å². The van der Waals surface area contributed by atoms with Gasteiger partial charge in [-0.25, -0.2) is 4.79 Å². The van der Waals surface area contributed by atoms with Crippen molar-refractivity contribution in [1.82, 2.24) is 5.32 Å². The molecule has 0 fully saturated rings. The number of anilines is 1. The van der Waals surface area contributed by atoms with Crippen molar-refractivity contribution in [2.75, 3.05) is 19.0 Å². The molecule has 0 aliphatic carbocycles. The second-order valence-electron chi connectivity index (χ2n) is 4.58. The first-order valence-electron chi connectivity index (χ1n) is 7.12. The number of nitrogens with one attached hydrogen (secondary N) is 2. The highest BCUT2D eigenvalue weighted by Crippen LogP contribution is 2.23. The Hall–Kier alpha value is -2.69. The quantitative estimate of drug-likeness (QED) is 0.859. The number of amides is 2. The molecule has 0 heterocycles. The minimum Gasteiger partial charge on any atom is -0.497 e. The van der Waals surface area contributed by atoms with Crippen LogP contribution in [0.1, 0.15) is 12.5 Å². The van der Waals surface area contributed by atoms with E-state index in [1.165, 1.54) is 0 Å². The molecule has 0 aliphatic heterocycles. The highest BCUT2D eigenvalue weighted by atomic mass is 16.5. The van der Waals surface area contributed by atoms with Gasteiger partial charge in [0.2, 0.25) is 0 Å². The van der Waals surface area contributed by atoms with Gasteiger partial charge in [0, 0.05) is 6.54 Å². The number of hydrogen-bond donors (Lipinski definition) is 2. The summed E-state index contributed by atoms with van der Waals surface area (Å²) in [6.45, 7) is 2.89. The molecular weight excluding hydrogens is 280 g/mol. The Balaban J connectivity index is 1.90. The normalized spacial score (nSPS) is 9.91. The first-order chi connectivity index (χ1) is 10.7. The van der Waals surface area contributed by atoms with Crippen LogP contribution >= 0.6 is 0 Å². The lowest BCUT2D eigenvalue weighted by Gasteiger charge is -2.12. The lowest BCUT2D eigenvalue weighted by molar-refractivity contribution is 0.251. The Morgan fingerprint density at radius 1 is 1.09 bits per heavy atom. The minimum atomic E-state index is -0.275. The summed E-state index contributed by atoms with van der Waals surface area (Å²) in [5.74, 6) is 1.45. The Labute approximate surface area is 130 Å². The maximum absolute atomic E-state index is 12.0. The number of rotatable bonds is 6. The van der Waals surface area contributed by atoms with Crippen molar-refractivity contribution in [1.29, 1.82) is 0 Å². The monoisotopic (exact) mass is 300 g/mol. The number of ether oxygens (including phenoxy) is 2. The molecule has 0 saturated heterocycles. The molecule has 2 N–H and O–H groups in total. The molecule has 5 heteroatoms. The molecule has 0 unspecified atom stereocenters. The molecule has 2 aromatic carbocycles. The number of hydrogen-bond acceptors (Lipinski definition) is 3. The van der Waals surface area contributed by atoms with Crippen LogP contribution in [0.2, 0.25) is 0 Å². The van der Waals surface area contributed by atoms with Crippen molar-refractivity contribution in [2.24, 2.45) is 0 Å². The van der Waals surface area contributed by atoms with E-state index in [9.17, 15) is 4.79 Å². The van der Waals surface area contributed by atoms with Crippen molar-refractivity contribution >= 4 is 11.7 Å². The molecular formula is C17H20N2O3. The van der Waals surface area contributed by atoms with Crippen LogP contribution in [-0.2, 0) is 6.54 Å². The molecule has 0 atom stereocenters. The largest absolute Gasteiger partial charge is 0.497 e. The van der Waals surface area contributed by atoms with Gasteiger partial charge in [0.25, 0.3) is 0 Å². The topological polar surface area (TPSA) is 59.6 Å². The highest BCUT2D eigenvalue weighted by Gasteiger charge is 2.06. The first kappa shape index (κ1) is 15.7. The van der Waals surface area contributed by atoms with Gasteiger partial charge in [0.15, 0.2) is 0 Å². The average molecular weight is 300 g/mol. The fraction of sp³-hybridized carbons (Fsp3) is 0.235. The zero-order chi connectivity index (χ0) is 15.8. The highest BCUT2D eigenvalue weighted by molar-refractivity contribution is 5.90. The molecule has 22 heavy (non-hydrogen) atoms. The van der Waals surface area contributed by atoms with E-state index in [4.69, 9.17) is 9.47 Å². The molecule has 0 radical (unpaired) electrons. The SMILES string of the molecule is CCOc1ccccc1NC(=O)NCc1ccc(OC)cc1. The van der Waals surface area contributed by atoms with Crippen LogP contribution in [-0.4, -0.2) is 19.7 Å². The molecule has 0 aliphatic rings. The van der Waals surface area contributed by atoms with Crippen molar-refractivity contribution in [3.8, 4) is 11.5 Å². The fourth-order valence-electron chi connectivity index (χ4n) is 1.94. The van der Waals surface area contributed by atoms with Gasteiger partial charge in [0.1, 0.15) is 11.5 Å². The van der Waals surface area contributed by atoms with E-state index >= 15 is 0 Å². The van der Waals surface area contributed by atoms with E-state index < -0.39 is 0 Å². The van der Waals surface area contributed by atoms with Gasteiger partial charge in [-0.1, -0.05) is 24.3 Å². The molecule has 2 aromatic rings. The Morgan fingerprint density at radius 3 is 2.50 bits per heavy atom. The lowest BCUT2D eigenvalue weighted by atomic mass is 10.2. The summed E-state index contributed by atoms with van der Waals surface area (Å²) in [5, 5.41) is 5.60. The molecule has 5 nitrogen and oxygen atoms in total. The summed E-state index contributed by atoms with van der Waals surface area (Å²) in [5.41, 5.74) is 1.64. The van der Waals surface area contributed by atoms with Crippen molar-refractivity contribution in [3.05, 3.63) is 54.1 Å². The molecule has 0 aromatic heterocycles. The van der Waals surface area contributed by atoms with Crippen molar-refractivity contribution in [2.45, 2.75) is 13.5 Å². The third-order valence-electron chi connectivity index (χ3n) is 3.05. The van der Waals surface area contributed by atoms with Gasteiger partial charge < -0.3 is 20.1 Å². The maximum atomic E-state index is 12.0. The minimum absolute atomic E-state index is 0.275. The van der Waals surface area contributed by atoms with Crippen LogP contribution in [0.25, 0.3) is 0 Å². The van der Waals surface area contributed by atoms with E-state index in [2.05, 4.69) is 10.6 Å². The van der Waals surface area contributed by atoms with Crippen LogP contribution in [0.15, 0.2) is 48.5 Å². The standard InChI is InChI=1S/C17H20N2O3/c1-3-22-16-7-5-4-6-15(16)19-17(20)18-12-13-8-10-14(21-2)11-9-13/h4-11H,3,12H2,1-2H3,(H2,18,19,20). The number of benzene rings is 2. The first-order valence-corrected chi connectivity index (χ1v) is 7.12. The zero-order valence-corrected chi connectivity index (χ0v) is 12.8. The molecule has 0 saturated carbocycles. The maximum Gasteiger partial charge on any atom is 0.319 e. The molecule has 0 spiro atoms. The number of carbonyl (C=O) groups excluding carboxylic acids is 1. The van der Waals surface area contributed by atoms with Gasteiger partial charge in [-0.3, -0.25) is 0 Å². The number of methoxy groups -OCH3 is 1. The summed E-state index contributed by atoms with van der Waals surface area (Å²) in [6, 6.07) is 14.6. The Morgan fingerprint density at radius 2 is 1.82 bits per heavy atom. The fourth-order valence-corrected chi connectivity index (χ4v) is 1.94. The Kier molecular flexibility index (Phi) is 5.65. The van der Waals surface area contributed by atoms with Gasteiger partial charge in [-0.2, -0.15) is 0 Å². The van der Waals surface area contributed by atoms with Crippen molar-refractivity contribution < 1.29 is 14.3 Å². The number of carbonyl (C=O) groups is 1. The van der Waals surface area contributed by atoms with E-state index in [0.717, 1.165) is 11.3 Å². The third kappa shape index (κ3) is 4.41. The molecule has 0 bridgehead atoms. The predicted molar refractivity (Wildman–Crippen MR) is 86.5 cm³/mol. The third-order valence-corrected chi connectivity index (χ3v) is 3.05. The second kappa shape index (κ2) is 7.93. The number of para-hydroxylation sites is 2. The van der Waals surface area contributed by atoms with E-state index in [-0.39, 0.29) is 6.03 Å². The summed E-state index contributed by atoms with van der Waals surface area (Å²) in [6.07, 6.45) is 0. The molecule has 116 valence electrons. The second-order valence-corrected chi connectivity index (χ2v) is 4.58. The summed E-state index contributed by atoms with van der Waals surface area (Å²) >= 11 is 0. The number of urea groups is 1. The lowest BCUT2D eigenvalue weighted by Crippen LogP contribution is -2.28. The average Bonchev–Trinajstić information content (AvgIpc) is 2.55. The smallest absolute Gasteiger partial charge is 0.319 e. The summed E-state index contributed by atoms with van der Waals surface area (Å²) in [4.78, 5) is 12.0. The van der Waals surface area contributed by atoms with Crippen LogP contribution in [0.5, 0.6) is 11.5 Å². The van der Waals surface area contributed by atoms with E-state index in [0.29, 0.717) is 24.6 Å². The van der Waals surface area contributed by atoms with Gasteiger partial charge in [-0.05, 0) is 36.8 Å². The van der Waals surface area contributed by atoms with Crippen LogP contribution in [0, 0.1) is 0 Å². The van der Waals surface area contributed by atoms with Crippen molar-refractivity contribution in [3.63, 3.8) is 0 Å². The van der Waals surface area contributed by atoms with Crippen LogP contribution < -0.4 is 20.1 Å². The van der Waals surface area contributed by atoms with Crippen LogP contribution in [0.4, 0.5) is 10.5 Å². The predicted octanol–water partition coefficient (Wildman–Crippen LogP) is 3.42.